The zero-order valence-electron chi connectivity index (χ0n) is 8.69. The Morgan fingerprint density at radius 1 is 1.00 bits per heavy atom. The van der Waals surface area contributed by atoms with Crippen LogP contribution >= 0.6 is 24.8 Å². The molecule has 0 unspecified atom stereocenters. The van der Waals surface area contributed by atoms with Gasteiger partial charge in [-0.25, -0.2) is 0 Å². The van der Waals surface area contributed by atoms with Crippen molar-refractivity contribution in [3.8, 4) is 0 Å². The Morgan fingerprint density at radius 3 is 1.93 bits per heavy atom. The topological polar surface area (TPSA) is 32.5 Å². The van der Waals surface area contributed by atoms with E-state index in [0.29, 0.717) is 6.04 Å². The number of hydrogen-bond acceptors (Lipinski definition) is 3. The second kappa shape index (κ2) is 6.13. The summed E-state index contributed by atoms with van der Waals surface area (Å²) in [4.78, 5) is 5.00. The van der Waals surface area contributed by atoms with Crippen molar-refractivity contribution in [2.24, 2.45) is 5.73 Å². The standard InChI is InChI=1S/C9H19N3.2ClH/c1-11-2-4-12(5-3-11)9-6-8(10)7-9;;/h8-9H,2-7,10H2,1H3;2*1H. The van der Waals surface area contributed by atoms with Crippen molar-refractivity contribution < 1.29 is 0 Å². The van der Waals surface area contributed by atoms with E-state index in [0.717, 1.165) is 6.04 Å². The van der Waals surface area contributed by atoms with Gasteiger partial charge in [0.25, 0.3) is 0 Å². The SMILES string of the molecule is CN1CCN(C2CC(N)C2)CC1.Cl.Cl. The highest BCUT2D eigenvalue weighted by atomic mass is 35.5. The molecule has 0 radical (unpaired) electrons. The third-order valence-corrected chi connectivity index (χ3v) is 3.20. The van der Waals surface area contributed by atoms with Gasteiger partial charge in [-0.1, -0.05) is 0 Å². The van der Waals surface area contributed by atoms with Crippen molar-refractivity contribution in [3.63, 3.8) is 0 Å². The molecule has 0 aromatic carbocycles. The van der Waals surface area contributed by atoms with Gasteiger partial charge >= 0.3 is 0 Å². The van der Waals surface area contributed by atoms with E-state index >= 15 is 0 Å². The predicted octanol–water partition coefficient (Wildman–Crippen LogP) is 0.567. The highest BCUT2D eigenvalue weighted by Gasteiger charge is 2.32. The Bertz CT molecular complexity index is 154. The first-order valence-corrected chi connectivity index (χ1v) is 4.94. The van der Waals surface area contributed by atoms with Gasteiger partial charge in [-0.2, -0.15) is 0 Å². The van der Waals surface area contributed by atoms with Gasteiger partial charge < -0.3 is 10.6 Å². The maximum absolute atomic E-state index is 5.77. The molecule has 2 aliphatic rings. The minimum absolute atomic E-state index is 0. The van der Waals surface area contributed by atoms with Gasteiger partial charge in [0.2, 0.25) is 0 Å². The maximum atomic E-state index is 5.77. The quantitative estimate of drug-likeness (QED) is 0.729. The molecule has 0 aromatic heterocycles. The van der Waals surface area contributed by atoms with E-state index in [9.17, 15) is 0 Å². The van der Waals surface area contributed by atoms with E-state index in [1.54, 1.807) is 0 Å². The number of likely N-dealkylation sites (N-methyl/N-ethyl adjacent to an activating group) is 1. The first-order chi connectivity index (χ1) is 5.75. The normalized spacial score (nSPS) is 33.9. The van der Waals surface area contributed by atoms with Crippen LogP contribution in [0.1, 0.15) is 12.8 Å². The number of rotatable bonds is 1. The third-order valence-electron chi connectivity index (χ3n) is 3.20. The molecule has 5 heteroatoms. The van der Waals surface area contributed by atoms with E-state index in [1.807, 2.05) is 0 Å². The summed E-state index contributed by atoms with van der Waals surface area (Å²) in [5.41, 5.74) is 5.77. The Labute approximate surface area is 98.8 Å². The first-order valence-electron chi connectivity index (χ1n) is 4.94. The van der Waals surface area contributed by atoms with Crippen LogP contribution < -0.4 is 5.73 Å². The number of halogens is 2. The Balaban J connectivity index is 0.000000845. The molecular formula is C9H21Cl2N3. The highest BCUT2D eigenvalue weighted by molar-refractivity contribution is 5.85. The first kappa shape index (κ1) is 14.5. The third kappa shape index (κ3) is 3.24. The van der Waals surface area contributed by atoms with E-state index in [1.165, 1.54) is 39.0 Å². The van der Waals surface area contributed by atoms with Gasteiger partial charge in [-0.05, 0) is 19.9 Å². The zero-order valence-corrected chi connectivity index (χ0v) is 10.3. The van der Waals surface area contributed by atoms with Gasteiger partial charge in [0, 0.05) is 38.3 Å². The fraction of sp³-hybridized carbons (Fsp3) is 1.00. The average molecular weight is 242 g/mol. The van der Waals surface area contributed by atoms with Crippen LogP contribution in [0.5, 0.6) is 0 Å². The largest absolute Gasteiger partial charge is 0.328 e. The lowest BCUT2D eigenvalue weighted by atomic mass is 9.86. The van der Waals surface area contributed by atoms with Crippen LogP contribution in [-0.4, -0.2) is 55.1 Å². The molecule has 86 valence electrons. The van der Waals surface area contributed by atoms with Crippen LogP contribution in [0.2, 0.25) is 0 Å². The summed E-state index contributed by atoms with van der Waals surface area (Å²) in [7, 11) is 2.20. The summed E-state index contributed by atoms with van der Waals surface area (Å²) in [6.07, 6.45) is 2.45. The van der Waals surface area contributed by atoms with Crippen LogP contribution in [0.4, 0.5) is 0 Å². The lowest BCUT2D eigenvalue weighted by molar-refractivity contribution is 0.0619. The van der Waals surface area contributed by atoms with Crippen LogP contribution in [0.25, 0.3) is 0 Å². The van der Waals surface area contributed by atoms with Crippen molar-refractivity contribution >= 4 is 24.8 Å². The highest BCUT2D eigenvalue weighted by Crippen LogP contribution is 2.24. The van der Waals surface area contributed by atoms with Crippen molar-refractivity contribution in [2.75, 3.05) is 33.2 Å². The maximum Gasteiger partial charge on any atom is 0.0126 e. The minimum Gasteiger partial charge on any atom is -0.328 e. The molecule has 0 bridgehead atoms. The fourth-order valence-corrected chi connectivity index (χ4v) is 2.12. The average Bonchev–Trinajstić information content (AvgIpc) is 2.01. The molecule has 0 atom stereocenters. The molecular weight excluding hydrogens is 221 g/mol. The molecule has 1 saturated carbocycles. The molecule has 0 spiro atoms. The minimum atomic E-state index is 0. The van der Waals surface area contributed by atoms with Gasteiger partial charge in [0.1, 0.15) is 0 Å². The Morgan fingerprint density at radius 2 is 1.50 bits per heavy atom. The number of nitrogens with zero attached hydrogens (tertiary/aromatic N) is 2. The molecule has 1 aliphatic carbocycles. The Kier molecular flexibility index (Phi) is 6.33. The van der Waals surface area contributed by atoms with Gasteiger partial charge in [-0.3, -0.25) is 4.90 Å². The second-order valence-corrected chi connectivity index (χ2v) is 4.22. The van der Waals surface area contributed by atoms with E-state index in [4.69, 9.17) is 5.73 Å². The smallest absolute Gasteiger partial charge is 0.0126 e. The van der Waals surface area contributed by atoms with Crippen LogP contribution in [0.3, 0.4) is 0 Å². The Hall–Kier alpha value is 0.460. The summed E-state index contributed by atoms with van der Waals surface area (Å²) in [6, 6.07) is 1.31. The van der Waals surface area contributed by atoms with Crippen LogP contribution in [-0.2, 0) is 0 Å². The van der Waals surface area contributed by atoms with Crippen molar-refractivity contribution in [2.45, 2.75) is 24.9 Å². The molecule has 3 nitrogen and oxygen atoms in total. The predicted molar refractivity (Wildman–Crippen MR) is 64.6 cm³/mol. The molecule has 2 N–H and O–H groups in total. The van der Waals surface area contributed by atoms with Crippen LogP contribution in [0, 0.1) is 0 Å². The summed E-state index contributed by atoms with van der Waals surface area (Å²) in [5.74, 6) is 0. The lowest BCUT2D eigenvalue weighted by Crippen LogP contribution is -2.56. The van der Waals surface area contributed by atoms with Gasteiger partial charge in [0.05, 0.1) is 0 Å². The van der Waals surface area contributed by atoms with Gasteiger partial charge in [-0.15, -0.1) is 24.8 Å². The lowest BCUT2D eigenvalue weighted by Gasteiger charge is -2.44. The van der Waals surface area contributed by atoms with Crippen molar-refractivity contribution in [3.05, 3.63) is 0 Å². The summed E-state index contributed by atoms with van der Waals surface area (Å²) < 4.78 is 0. The molecule has 2 rings (SSSR count). The molecule has 1 heterocycles. The van der Waals surface area contributed by atoms with E-state index in [2.05, 4.69) is 16.8 Å². The summed E-state index contributed by atoms with van der Waals surface area (Å²) in [5, 5.41) is 0. The second-order valence-electron chi connectivity index (χ2n) is 4.22. The molecule has 14 heavy (non-hydrogen) atoms. The van der Waals surface area contributed by atoms with Gasteiger partial charge in [0.15, 0.2) is 0 Å². The van der Waals surface area contributed by atoms with E-state index < -0.39 is 0 Å². The molecule has 0 amide bonds. The fourth-order valence-electron chi connectivity index (χ4n) is 2.12. The van der Waals surface area contributed by atoms with Crippen LogP contribution in [0.15, 0.2) is 0 Å². The summed E-state index contributed by atoms with van der Waals surface area (Å²) >= 11 is 0. The van der Waals surface area contributed by atoms with Crippen molar-refractivity contribution in [1.29, 1.82) is 0 Å². The number of piperazine rings is 1. The number of nitrogens with two attached hydrogens (primary N) is 1. The van der Waals surface area contributed by atoms with Crippen molar-refractivity contribution in [1.82, 2.24) is 9.80 Å². The molecule has 1 aliphatic heterocycles. The monoisotopic (exact) mass is 241 g/mol. The molecule has 1 saturated heterocycles. The molecule has 0 aromatic rings. The summed E-state index contributed by atoms with van der Waals surface area (Å²) in [6.45, 7) is 4.94. The zero-order chi connectivity index (χ0) is 8.55. The number of hydrogen-bond donors (Lipinski definition) is 1. The molecule has 2 fully saturated rings. The van der Waals surface area contributed by atoms with E-state index in [-0.39, 0.29) is 24.8 Å².